The number of hydrogen-bond acceptors (Lipinski definition) is 4. The quantitative estimate of drug-likeness (QED) is 0.855. The molecule has 1 unspecified atom stereocenters. The molecule has 0 amide bonds. The zero-order valence-corrected chi connectivity index (χ0v) is 14.0. The summed E-state index contributed by atoms with van der Waals surface area (Å²) in [6.07, 6.45) is 1.72. The van der Waals surface area contributed by atoms with E-state index in [0.29, 0.717) is 6.54 Å². The number of nitrogens with zero attached hydrogens (tertiary/aromatic N) is 3. The van der Waals surface area contributed by atoms with E-state index in [2.05, 4.69) is 25.9 Å². The van der Waals surface area contributed by atoms with Gasteiger partial charge in [-0.1, -0.05) is 20.8 Å². The molecule has 0 fully saturated rings. The normalized spacial score (nSPS) is 15.8. The van der Waals surface area contributed by atoms with E-state index in [1.54, 1.807) is 6.20 Å². The molecule has 0 saturated heterocycles. The van der Waals surface area contributed by atoms with Gasteiger partial charge in [0, 0.05) is 13.1 Å². The molecular formula is C13H25BrN4O. The van der Waals surface area contributed by atoms with Crippen molar-refractivity contribution in [3.8, 4) is 0 Å². The summed E-state index contributed by atoms with van der Waals surface area (Å²) >= 11 is 3.48. The minimum atomic E-state index is -1.12. The largest absolute Gasteiger partial charge is 0.382 e. The molecule has 1 aromatic heterocycles. The number of likely N-dealkylation sites (N-methyl/N-ethyl adjacent to an activating group) is 1. The van der Waals surface area contributed by atoms with Crippen molar-refractivity contribution < 1.29 is 5.11 Å². The molecule has 1 aromatic rings. The first kappa shape index (κ1) is 16.6. The fourth-order valence-electron chi connectivity index (χ4n) is 2.00. The van der Waals surface area contributed by atoms with Crippen LogP contribution in [0.5, 0.6) is 0 Å². The molecule has 1 heterocycles. The van der Waals surface area contributed by atoms with E-state index in [0.717, 1.165) is 16.7 Å². The number of rotatable bonds is 5. The molecule has 0 spiro atoms. The number of aliphatic hydroxyl groups is 1. The van der Waals surface area contributed by atoms with E-state index in [-0.39, 0.29) is 12.0 Å². The molecule has 0 aliphatic carbocycles. The van der Waals surface area contributed by atoms with E-state index >= 15 is 0 Å². The highest BCUT2D eigenvalue weighted by molar-refractivity contribution is 9.10. The summed E-state index contributed by atoms with van der Waals surface area (Å²) in [4.78, 5) is 2.08. The third-order valence-electron chi connectivity index (χ3n) is 3.48. The Morgan fingerprint density at radius 3 is 2.42 bits per heavy atom. The average Bonchev–Trinajstić information content (AvgIpc) is 2.65. The Hall–Kier alpha value is -0.430. The number of halogens is 1. The lowest BCUT2D eigenvalue weighted by Crippen LogP contribution is -2.48. The minimum absolute atomic E-state index is 0.156. The summed E-state index contributed by atoms with van der Waals surface area (Å²) in [5.74, 6) is 0. The van der Waals surface area contributed by atoms with Crippen molar-refractivity contribution >= 4 is 15.9 Å². The molecule has 19 heavy (non-hydrogen) atoms. The summed E-state index contributed by atoms with van der Waals surface area (Å²) in [6.45, 7) is 7.67. The van der Waals surface area contributed by atoms with Crippen LogP contribution in [0.3, 0.4) is 0 Å². The van der Waals surface area contributed by atoms with Gasteiger partial charge in [0.1, 0.15) is 5.60 Å². The number of hydrogen-bond donors (Lipinski definition) is 2. The number of aromatic nitrogens is 2. The predicted octanol–water partition coefficient (Wildman–Crippen LogP) is 1.40. The maximum Gasteiger partial charge on any atom is 0.124 e. The highest BCUT2D eigenvalue weighted by atomic mass is 79.9. The van der Waals surface area contributed by atoms with Crippen LogP contribution in [0.15, 0.2) is 10.7 Å². The molecule has 3 N–H and O–H groups in total. The fraction of sp³-hybridized carbons (Fsp3) is 0.769. The topological polar surface area (TPSA) is 67.3 Å². The summed E-state index contributed by atoms with van der Waals surface area (Å²) in [5, 5.41) is 15.4. The smallest absolute Gasteiger partial charge is 0.124 e. The van der Waals surface area contributed by atoms with Gasteiger partial charge >= 0.3 is 0 Å². The van der Waals surface area contributed by atoms with Crippen molar-refractivity contribution in [2.75, 3.05) is 27.2 Å². The molecule has 0 aromatic carbocycles. The summed E-state index contributed by atoms with van der Waals surface area (Å²) < 4.78 is 2.64. The van der Waals surface area contributed by atoms with Crippen LogP contribution in [-0.2, 0) is 12.1 Å². The van der Waals surface area contributed by atoms with Crippen LogP contribution in [0.4, 0.5) is 0 Å². The van der Waals surface area contributed by atoms with E-state index in [1.807, 2.05) is 39.5 Å². The highest BCUT2D eigenvalue weighted by Gasteiger charge is 2.44. The first-order chi connectivity index (χ1) is 8.63. The van der Waals surface area contributed by atoms with E-state index < -0.39 is 5.60 Å². The standard InChI is InChI=1S/C13H25BrN4O/c1-12(2,3)13(19,9-15)11-10(14)8-16-18(11)7-6-17(4)5/h8,19H,6-7,9,15H2,1-5H3. The van der Waals surface area contributed by atoms with Crippen LogP contribution < -0.4 is 5.73 Å². The maximum absolute atomic E-state index is 11.0. The van der Waals surface area contributed by atoms with Gasteiger partial charge in [0.2, 0.25) is 0 Å². The van der Waals surface area contributed by atoms with Crippen molar-refractivity contribution in [2.45, 2.75) is 32.9 Å². The van der Waals surface area contributed by atoms with Crippen LogP contribution in [0, 0.1) is 5.41 Å². The summed E-state index contributed by atoms with van der Waals surface area (Å²) in [5.41, 5.74) is 5.12. The molecule has 0 bridgehead atoms. The van der Waals surface area contributed by atoms with Crippen molar-refractivity contribution in [2.24, 2.45) is 11.1 Å². The second-order valence-corrected chi connectivity index (χ2v) is 7.04. The SMILES string of the molecule is CN(C)CCn1ncc(Br)c1C(O)(CN)C(C)(C)C. The molecule has 1 rings (SSSR count). The second-order valence-electron chi connectivity index (χ2n) is 6.18. The molecule has 0 saturated carbocycles. The van der Waals surface area contributed by atoms with Gasteiger partial charge in [-0.2, -0.15) is 5.10 Å². The van der Waals surface area contributed by atoms with Crippen LogP contribution in [0.1, 0.15) is 26.5 Å². The zero-order valence-electron chi connectivity index (χ0n) is 12.4. The van der Waals surface area contributed by atoms with Crippen molar-refractivity contribution in [3.05, 3.63) is 16.4 Å². The fourth-order valence-corrected chi connectivity index (χ4v) is 2.62. The Kier molecular flexibility index (Phi) is 5.17. The molecule has 1 atom stereocenters. The van der Waals surface area contributed by atoms with Gasteiger partial charge in [0.15, 0.2) is 0 Å². The highest BCUT2D eigenvalue weighted by Crippen LogP contribution is 2.41. The predicted molar refractivity (Wildman–Crippen MR) is 80.9 cm³/mol. The average molecular weight is 333 g/mol. The minimum Gasteiger partial charge on any atom is -0.382 e. The molecule has 5 nitrogen and oxygen atoms in total. The molecule has 6 heteroatoms. The summed E-state index contributed by atoms with van der Waals surface area (Å²) in [6, 6.07) is 0. The van der Waals surface area contributed by atoms with Gasteiger partial charge in [-0.25, -0.2) is 0 Å². The molecular weight excluding hydrogens is 308 g/mol. The lowest BCUT2D eigenvalue weighted by molar-refractivity contribution is -0.0634. The Bertz CT molecular complexity index is 425. The number of nitrogens with two attached hydrogens (primary N) is 1. The monoisotopic (exact) mass is 332 g/mol. The van der Waals surface area contributed by atoms with E-state index in [4.69, 9.17) is 5.73 Å². The van der Waals surface area contributed by atoms with Gasteiger partial charge in [-0.3, -0.25) is 4.68 Å². The van der Waals surface area contributed by atoms with Crippen LogP contribution in [0.2, 0.25) is 0 Å². The maximum atomic E-state index is 11.0. The molecule has 0 radical (unpaired) electrons. The van der Waals surface area contributed by atoms with Crippen LogP contribution in [-0.4, -0.2) is 47.0 Å². The molecule has 0 aliphatic heterocycles. The van der Waals surface area contributed by atoms with E-state index in [9.17, 15) is 5.11 Å². The van der Waals surface area contributed by atoms with Crippen LogP contribution in [0.25, 0.3) is 0 Å². The molecule has 0 aliphatic rings. The van der Waals surface area contributed by atoms with Crippen molar-refractivity contribution in [3.63, 3.8) is 0 Å². The lowest BCUT2D eigenvalue weighted by atomic mass is 9.74. The summed E-state index contributed by atoms with van der Waals surface area (Å²) in [7, 11) is 4.02. The van der Waals surface area contributed by atoms with Crippen molar-refractivity contribution in [1.29, 1.82) is 0 Å². The lowest BCUT2D eigenvalue weighted by Gasteiger charge is -2.40. The van der Waals surface area contributed by atoms with E-state index in [1.165, 1.54) is 0 Å². The van der Waals surface area contributed by atoms with Crippen LogP contribution >= 0.6 is 15.9 Å². The van der Waals surface area contributed by atoms with Gasteiger partial charge in [-0.05, 0) is 35.4 Å². The first-order valence-electron chi connectivity index (χ1n) is 6.42. The van der Waals surface area contributed by atoms with Gasteiger partial charge in [-0.15, -0.1) is 0 Å². The van der Waals surface area contributed by atoms with Gasteiger partial charge < -0.3 is 15.7 Å². The third-order valence-corrected chi connectivity index (χ3v) is 4.06. The Morgan fingerprint density at radius 2 is 2.00 bits per heavy atom. The molecule has 110 valence electrons. The van der Waals surface area contributed by atoms with Gasteiger partial charge in [0.25, 0.3) is 0 Å². The Balaban J connectivity index is 3.21. The Labute approximate surface area is 123 Å². The third kappa shape index (κ3) is 3.37. The van der Waals surface area contributed by atoms with Gasteiger partial charge in [0.05, 0.1) is 22.9 Å². The Morgan fingerprint density at radius 1 is 1.42 bits per heavy atom. The second kappa shape index (κ2) is 5.91. The first-order valence-corrected chi connectivity index (χ1v) is 7.21. The van der Waals surface area contributed by atoms with Crippen molar-refractivity contribution in [1.82, 2.24) is 14.7 Å². The zero-order chi connectivity index (χ0) is 14.8.